The van der Waals surface area contributed by atoms with E-state index in [4.69, 9.17) is 9.15 Å². The third kappa shape index (κ3) is 4.33. The Labute approximate surface area is 167 Å². The molecule has 29 heavy (non-hydrogen) atoms. The highest BCUT2D eigenvalue weighted by molar-refractivity contribution is 5.97. The van der Waals surface area contributed by atoms with Crippen molar-refractivity contribution in [2.24, 2.45) is 0 Å². The van der Waals surface area contributed by atoms with Gasteiger partial charge in [0.1, 0.15) is 23.1 Å². The summed E-state index contributed by atoms with van der Waals surface area (Å²) in [6, 6.07) is 6.92. The van der Waals surface area contributed by atoms with Gasteiger partial charge in [0, 0.05) is 49.9 Å². The van der Waals surface area contributed by atoms with Crippen LogP contribution in [-0.4, -0.2) is 54.8 Å². The van der Waals surface area contributed by atoms with Gasteiger partial charge in [0.2, 0.25) is 0 Å². The minimum Gasteiger partial charge on any atom is -0.460 e. The van der Waals surface area contributed by atoms with Crippen LogP contribution in [0.3, 0.4) is 0 Å². The fourth-order valence-corrected chi connectivity index (χ4v) is 3.59. The number of morpholine rings is 1. The number of carbonyl (C=O) groups excluding carboxylic acids is 1. The summed E-state index contributed by atoms with van der Waals surface area (Å²) in [6.45, 7) is 6.24. The van der Waals surface area contributed by atoms with E-state index in [-0.39, 0.29) is 12.5 Å². The Hall–Kier alpha value is -2.71. The lowest BCUT2D eigenvalue weighted by molar-refractivity contribution is 0.0383. The molecule has 1 aromatic carbocycles. The molecule has 2 aromatic heterocycles. The molecule has 3 aromatic rings. The molecule has 0 spiro atoms. The smallest absolute Gasteiger partial charge is 0.268 e. The number of ether oxygens (including phenoxy) is 1. The number of fused-ring (bicyclic) bond motifs is 1. The molecule has 1 saturated heterocycles. The SMILES string of the molecule is Cc1cc2c(cc(C(=O)NCCN3CCOCC3)n2Cc2ccc(F)cc2F)o1. The number of aryl methyl sites for hydroxylation is 1. The number of nitrogens with zero attached hydrogens (tertiary/aromatic N) is 2. The zero-order valence-corrected chi connectivity index (χ0v) is 16.2. The minimum atomic E-state index is -0.647. The van der Waals surface area contributed by atoms with Crippen LogP contribution in [0.4, 0.5) is 8.78 Å². The predicted molar refractivity (Wildman–Crippen MR) is 104 cm³/mol. The van der Waals surface area contributed by atoms with Gasteiger partial charge in [-0.15, -0.1) is 0 Å². The number of furan rings is 1. The zero-order valence-electron chi connectivity index (χ0n) is 16.2. The summed E-state index contributed by atoms with van der Waals surface area (Å²) in [4.78, 5) is 15.0. The van der Waals surface area contributed by atoms with Crippen LogP contribution >= 0.6 is 0 Å². The van der Waals surface area contributed by atoms with Crippen molar-refractivity contribution in [2.75, 3.05) is 39.4 Å². The first-order valence-corrected chi connectivity index (χ1v) is 9.63. The molecule has 0 unspecified atom stereocenters. The molecule has 1 amide bonds. The van der Waals surface area contributed by atoms with Crippen molar-refractivity contribution in [3.8, 4) is 0 Å². The number of halogens is 2. The monoisotopic (exact) mass is 403 g/mol. The Morgan fingerprint density at radius 2 is 1.97 bits per heavy atom. The Morgan fingerprint density at radius 3 is 2.72 bits per heavy atom. The van der Waals surface area contributed by atoms with Crippen molar-refractivity contribution in [1.29, 1.82) is 0 Å². The van der Waals surface area contributed by atoms with Gasteiger partial charge >= 0.3 is 0 Å². The summed E-state index contributed by atoms with van der Waals surface area (Å²) in [7, 11) is 0. The number of hydrogen-bond acceptors (Lipinski definition) is 4. The molecular weight excluding hydrogens is 380 g/mol. The second-order valence-corrected chi connectivity index (χ2v) is 7.17. The molecule has 8 heteroatoms. The number of amides is 1. The van der Waals surface area contributed by atoms with Crippen molar-refractivity contribution >= 4 is 17.0 Å². The van der Waals surface area contributed by atoms with Crippen LogP contribution in [0.5, 0.6) is 0 Å². The quantitative estimate of drug-likeness (QED) is 0.688. The van der Waals surface area contributed by atoms with Crippen LogP contribution in [0.15, 0.2) is 34.7 Å². The average molecular weight is 403 g/mol. The molecule has 0 radical (unpaired) electrons. The second kappa shape index (κ2) is 8.34. The predicted octanol–water partition coefficient (Wildman–Crippen LogP) is 2.93. The summed E-state index contributed by atoms with van der Waals surface area (Å²) >= 11 is 0. The number of nitrogens with one attached hydrogen (secondary N) is 1. The Morgan fingerprint density at radius 1 is 1.17 bits per heavy atom. The number of aromatic nitrogens is 1. The molecule has 1 fully saturated rings. The summed E-state index contributed by atoms with van der Waals surface area (Å²) in [5.74, 6) is -0.845. The van der Waals surface area contributed by atoms with E-state index in [2.05, 4.69) is 10.2 Å². The lowest BCUT2D eigenvalue weighted by Gasteiger charge is -2.26. The van der Waals surface area contributed by atoms with E-state index in [0.29, 0.717) is 47.9 Å². The van der Waals surface area contributed by atoms with E-state index in [9.17, 15) is 13.6 Å². The standard InChI is InChI=1S/C21H23F2N3O3/c1-14-10-18-20(29-14)12-19(21(27)24-4-5-25-6-8-28-9-7-25)26(18)13-15-2-3-16(22)11-17(15)23/h2-3,10-12H,4-9,13H2,1H3,(H,24,27). The maximum Gasteiger partial charge on any atom is 0.268 e. The maximum absolute atomic E-state index is 14.2. The van der Waals surface area contributed by atoms with Gasteiger partial charge in [-0.25, -0.2) is 8.78 Å². The third-order valence-electron chi connectivity index (χ3n) is 5.11. The molecule has 3 heterocycles. The highest BCUT2D eigenvalue weighted by atomic mass is 19.1. The van der Waals surface area contributed by atoms with Crippen molar-refractivity contribution < 1.29 is 22.7 Å². The lowest BCUT2D eigenvalue weighted by atomic mass is 10.2. The zero-order chi connectivity index (χ0) is 20.4. The van der Waals surface area contributed by atoms with E-state index in [0.717, 1.165) is 25.7 Å². The van der Waals surface area contributed by atoms with E-state index in [1.807, 2.05) is 6.92 Å². The first kappa shape index (κ1) is 19.6. The first-order chi connectivity index (χ1) is 14.0. The summed E-state index contributed by atoms with van der Waals surface area (Å²) in [5.41, 5.74) is 1.93. The van der Waals surface area contributed by atoms with Crippen molar-refractivity contribution in [2.45, 2.75) is 13.5 Å². The number of carbonyl (C=O) groups is 1. The first-order valence-electron chi connectivity index (χ1n) is 9.63. The number of hydrogen-bond donors (Lipinski definition) is 1. The molecule has 0 bridgehead atoms. The van der Waals surface area contributed by atoms with E-state index < -0.39 is 11.6 Å². The second-order valence-electron chi connectivity index (χ2n) is 7.17. The van der Waals surface area contributed by atoms with Gasteiger partial charge in [0.05, 0.1) is 25.3 Å². The Bertz CT molecular complexity index is 1020. The summed E-state index contributed by atoms with van der Waals surface area (Å²) in [5, 5.41) is 2.92. The van der Waals surface area contributed by atoms with Gasteiger partial charge in [-0.3, -0.25) is 9.69 Å². The molecule has 0 atom stereocenters. The molecule has 154 valence electrons. The maximum atomic E-state index is 14.2. The van der Waals surface area contributed by atoms with Crippen LogP contribution < -0.4 is 5.32 Å². The molecular formula is C21H23F2N3O3. The normalized spacial score (nSPS) is 15.1. The van der Waals surface area contributed by atoms with E-state index in [1.54, 1.807) is 16.7 Å². The van der Waals surface area contributed by atoms with Crippen LogP contribution in [0.2, 0.25) is 0 Å². The highest BCUT2D eigenvalue weighted by Gasteiger charge is 2.20. The average Bonchev–Trinajstić information content (AvgIpc) is 3.21. The fraction of sp³-hybridized carbons (Fsp3) is 0.381. The Balaban J connectivity index is 1.54. The van der Waals surface area contributed by atoms with Gasteiger partial charge < -0.3 is 19.0 Å². The van der Waals surface area contributed by atoms with Gasteiger partial charge in [0.15, 0.2) is 5.58 Å². The van der Waals surface area contributed by atoms with Crippen molar-refractivity contribution in [1.82, 2.24) is 14.8 Å². The summed E-state index contributed by atoms with van der Waals surface area (Å²) in [6.07, 6.45) is 0. The number of rotatable bonds is 6. The molecule has 0 saturated carbocycles. The Kier molecular flexibility index (Phi) is 5.64. The van der Waals surface area contributed by atoms with E-state index in [1.165, 1.54) is 12.1 Å². The number of benzene rings is 1. The third-order valence-corrected chi connectivity index (χ3v) is 5.11. The van der Waals surface area contributed by atoms with Crippen molar-refractivity contribution in [3.63, 3.8) is 0 Å². The largest absolute Gasteiger partial charge is 0.460 e. The lowest BCUT2D eigenvalue weighted by Crippen LogP contribution is -2.41. The molecule has 1 N–H and O–H groups in total. The molecule has 1 aliphatic heterocycles. The van der Waals surface area contributed by atoms with Crippen LogP contribution in [0, 0.1) is 18.6 Å². The molecule has 6 nitrogen and oxygen atoms in total. The van der Waals surface area contributed by atoms with Crippen LogP contribution in [-0.2, 0) is 11.3 Å². The van der Waals surface area contributed by atoms with Gasteiger partial charge in [-0.2, -0.15) is 0 Å². The van der Waals surface area contributed by atoms with Gasteiger partial charge in [-0.1, -0.05) is 6.07 Å². The van der Waals surface area contributed by atoms with Crippen molar-refractivity contribution in [3.05, 3.63) is 59.0 Å². The molecule has 1 aliphatic rings. The molecule has 4 rings (SSSR count). The van der Waals surface area contributed by atoms with Crippen LogP contribution in [0.1, 0.15) is 21.8 Å². The van der Waals surface area contributed by atoms with Gasteiger partial charge in [0.25, 0.3) is 5.91 Å². The minimum absolute atomic E-state index is 0.0980. The van der Waals surface area contributed by atoms with E-state index >= 15 is 0 Å². The topological polar surface area (TPSA) is 59.6 Å². The fourth-order valence-electron chi connectivity index (χ4n) is 3.59. The van der Waals surface area contributed by atoms with Crippen LogP contribution in [0.25, 0.3) is 11.1 Å². The molecule has 0 aliphatic carbocycles. The van der Waals surface area contributed by atoms with Gasteiger partial charge in [-0.05, 0) is 13.0 Å². The highest BCUT2D eigenvalue weighted by Crippen LogP contribution is 2.25. The summed E-state index contributed by atoms with van der Waals surface area (Å²) < 4.78 is 40.1.